The van der Waals surface area contributed by atoms with Gasteiger partial charge in [0.15, 0.2) is 0 Å². The lowest BCUT2D eigenvalue weighted by molar-refractivity contribution is 0.200. The smallest absolute Gasteiger partial charge is 0.00928 e. The average molecular weight is 254 g/mol. The molecule has 1 aliphatic carbocycles. The van der Waals surface area contributed by atoms with Crippen molar-refractivity contribution in [3.63, 3.8) is 0 Å². The summed E-state index contributed by atoms with van der Waals surface area (Å²) >= 11 is 0. The van der Waals surface area contributed by atoms with Crippen molar-refractivity contribution in [2.24, 2.45) is 17.8 Å². The van der Waals surface area contributed by atoms with E-state index in [-0.39, 0.29) is 0 Å². The molecule has 1 saturated carbocycles. The van der Waals surface area contributed by atoms with E-state index in [0.29, 0.717) is 0 Å². The minimum atomic E-state index is 0.782. The molecule has 1 N–H and O–H groups in total. The first-order valence-electron chi connectivity index (χ1n) is 7.92. The molecule has 1 fully saturated rings. The summed E-state index contributed by atoms with van der Waals surface area (Å²) in [5.74, 6) is 2.48. The fourth-order valence-corrected chi connectivity index (χ4v) is 3.40. The number of nitrogens with one attached hydrogen (secondary N) is 1. The molecule has 0 bridgehead atoms. The monoisotopic (exact) mass is 254 g/mol. The van der Waals surface area contributed by atoms with Crippen LogP contribution in [0.5, 0.6) is 0 Å². The van der Waals surface area contributed by atoms with Gasteiger partial charge >= 0.3 is 0 Å². The Balaban J connectivity index is 2.35. The topological polar surface area (TPSA) is 15.3 Å². The van der Waals surface area contributed by atoms with E-state index >= 15 is 0 Å². The Kier molecular flexibility index (Phi) is 7.25. The minimum Gasteiger partial charge on any atom is -0.317 e. The van der Waals surface area contributed by atoms with Gasteiger partial charge in [0.2, 0.25) is 0 Å². The fraction of sp³-hybridized carbons (Fsp3) is 1.00. The summed E-state index contributed by atoms with van der Waals surface area (Å²) in [5.41, 5.74) is 0. The predicted octanol–water partition coefficient (Wildman–Crippen LogP) is 3.38. The molecule has 0 spiro atoms. The standard InChI is InChI=1S/C16H34N2/c1-13(2)11-18(12-14(3)4)10-9-15-7-6-8-16(15)17-5/h13-17H,6-12H2,1-5H3. The Hall–Kier alpha value is -0.0800. The first kappa shape index (κ1) is 16.0. The molecular weight excluding hydrogens is 220 g/mol. The number of nitrogens with zero attached hydrogens (tertiary/aromatic N) is 1. The molecule has 0 heterocycles. The Labute approximate surface area is 115 Å². The van der Waals surface area contributed by atoms with E-state index in [9.17, 15) is 0 Å². The van der Waals surface area contributed by atoms with Gasteiger partial charge < -0.3 is 10.2 Å². The summed E-state index contributed by atoms with van der Waals surface area (Å²) in [6.07, 6.45) is 5.62. The molecule has 1 aliphatic rings. The van der Waals surface area contributed by atoms with Crippen LogP contribution in [0, 0.1) is 17.8 Å². The van der Waals surface area contributed by atoms with Gasteiger partial charge in [-0.15, -0.1) is 0 Å². The maximum absolute atomic E-state index is 3.50. The van der Waals surface area contributed by atoms with Gasteiger partial charge in [0, 0.05) is 19.1 Å². The lowest BCUT2D eigenvalue weighted by Crippen LogP contribution is -2.36. The second-order valence-electron chi connectivity index (χ2n) is 6.92. The molecule has 0 saturated heterocycles. The van der Waals surface area contributed by atoms with Crippen molar-refractivity contribution in [3.05, 3.63) is 0 Å². The van der Waals surface area contributed by atoms with E-state index in [1.807, 2.05) is 0 Å². The number of hydrogen-bond acceptors (Lipinski definition) is 2. The van der Waals surface area contributed by atoms with Crippen LogP contribution in [0.2, 0.25) is 0 Å². The molecule has 2 unspecified atom stereocenters. The molecule has 0 amide bonds. The van der Waals surface area contributed by atoms with Gasteiger partial charge in [0.05, 0.1) is 0 Å². The molecule has 0 radical (unpaired) electrons. The minimum absolute atomic E-state index is 0.782. The number of rotatable bonds is 8. The lowest BCUT2D eigenvalue weighted by Gasteiger charge is -2.28. The molecule has 2 atom stereocenters. The highest BCUT2D eigenvalue weighted by Gasteiger charge is 2.26. The molecule has 0 aromatic rings. The maximum Gasteiger partial charge on any atom is 0.00928 e. The zero-order valence-electron chi connectivity index (χ0n) is 13.2. The molecule has 0 aliphatic heterocycles. The van der Waals surface area contributed by atoms with Crippen molar-refractivity contribution < 1.29 is 0 Å². The van der Waals surface area contributed by atoms with Crippen LogP contribution in [0.4, 0.5) is 0 Å². The second kappa shape index (κ2) is 8.16. The van der Waals surface area contributed by atoms with Crippen LogP contribution < -0.4 is 5.32 Å². The van der Waals surface area contributed by atoms with Crippen LogP contribution in [-0.4, -0.2) is 37.6 Å². The van der Waals surface area contributed by atoms with E-state index in [1.165, 1.54) is 45.3 Å². The van der Waals surface area contributed by atoms with Crippen molar-refractivity contribution in [2.45, 2.75) is 59.4 Å². The van der Waals surface area contributed by atoms with Gasteiger partial charge in [-0.1, -0.05) is 34.1 Å². The van der Waals surface area contributed by atoms with Gasteiger partial charge in [0.25, 0.3) is 0 Å². The molecule has 2 nitrogen and oxygen atoms in total. The summed E-state index contributed by atoms with van der Waals surface area (Å²) in [5, 5.41) is 3.50. The SMILES string of the molecule is CNC1CCCC1CCN(CC(C)C)CC(C)C. The van der Waals surface area contributed by atoms with Crippen LogP contribution in [0.25, 0.3) is 0 Å². The Morgan fingerprint density at radius 3 is 2.17 bits per heavy atom. The predicted molar refractivity (Wildman–Crippen MR) is 80.9 cm³/mol. The quantitative estimate of drug-likeness (QED) is 0.714. The van der Waals surface area contributed by atoms with E-state index in [4.69, 9.17) is 0 Å². The average Bonchev–Trinajstić information content (AvgIpc) is 2.71. The lowest BCUT2D eigenvalue weighted by atomic mass is 9.99. The second-order valence-corrected chi connectivity index (χ2v) is 6.92. The molecule has 0 aromatic carbocycles. The zero-order chi connectivity index (χ0) is 13.5. The fourth-order valence-electron chi connectivity index (χ4n) is 3.40. The Bertz CT molecular complexity index is 203. The first-order chi connectivity index (χ1) is 8.52. The molecule has 108 valence electrons. The molecule has 2 heteroatoms. The third kappa shape index (κ3) is 5.71. The van der Waals surface area contributed by atoms with Crippen LogP contribution >= 0.6 is 0 Å². The molecular formula is C16H34N2. The Morgan fingerprint density at radius 1 is 1.06 bits per heavy atom. The zero-order valence-corrected chi connectivity index (χ0v) is 13.2. The molecule has 18 heavy (non-hydrogen) atoms. The van der Waals surface area contributed by atoms with Crippen LogP contribution in [0.15, 0.2) is 0 Å². The first-order valence-corrected chi connectivity index (χ1v) is 7.92. The highest BCUT2D eigenvalue weighted by atomic mass is 15.1. The molecule has 1 rings (SSSR count). The van der Waals surface area contributed by atoms with Crippen molar-refractivity contribution >= 4 is 0 Å². The van der Waals surface area contributed by atoms with Crippen molar-refractivity contribution in [2.75, 3.05) is 26.7 Å². The van der Waals surface area contributed by atoms with Crippen molar-refractivity contribution in [3.8, 4) is 0 Å². The van der Waals surface area contributed by atoms with E-state index in [0.717, 1.165) is 23.8 Å². The highest BCUT2D eigenvalue weighted by molar-refractivity contribution is 4.82. The van der Waals surface area contributed by atoms with Gasteiger partial charge in [-0.25, -0.2) is 0 Å². The van der Waals surface area contributed by atoms with Gasteiger partial charge in [-0.3, -0.25) is 0 Å². The van der Waals surface area contributed by atoms with Crippen LogP contribution in [-0.2, 0) is 0 Å². The van der Waals surface area contributed by atoms with Gasteiger partial charge in [0.1, 0.15) is 0 Å². The van der Waals surface area contributed by atoms with E-state index in [1.54, 1.807) is 0 Å². The summed E-state index contributed by atoms with van der Waals surface area (Å²) < 4.78 is 0. The highest BCUT2D eigenvalue weighted by Crippen LogP contribution is 2.28. The third-order valence-electron chi connectivity index (χ3n) is 4.09. The third-order valence-corrected chi connectivity index (χ3v) is 4.09. The van der Waals surface area contributed by atoms with Crippen LogP contribution in [0.1, 0.15) is 53.4 Å². The van der Waals surface area contributed by atoms with Crippen molar-refractivity contribution in [1.82, 2.24) is 10.2 Å². The summed E-state index contributed by atoms with van der Waals surface area (Å²) in [4.78, 5) is 2.68. The van der Waals surface area contributed by atoms with Crippen molar-refractivity contribution in [1.29, 1.82) is 0 Å². The van der Waals surface area contributed by atoms with Gasteiger partial charge in [-0.05, 0) is 50.6 Å². The van der Waals surface area contributed by atoms with Gasteiger partial charge in [-0.2, -0.15) is 0 Å². The summed E-state index contributed by atoms with van der Waals surface area (Å²) in [6.45, 7) is 13.1. The summed E-state index contributed by atoms with van der Waals surface area (Å²) in [7, 11) is 2.13. The summed E-state index contributed by atoms with van der Waals surface area (Å²) in [6, 6.07) is 0.782. The van der Waals surface area contributed by atoms with E-state index in [2.05, 4.69) is 45.0 Å². The number of hydrogen-bond donors (Lipinski definition) is 1. The maximum atomic E-state index is 3.50. The van der Waals surface area contributed by atoms with E-state index < -0.39 is 0 Å². The Morgan fingerprint density at radius 2 is 1.67 bits per heavy atom. The molecule has 0 aromatic heterocycles. The van der Waals surface area contributed by atoms with Crippen LogP contribution in [0.3, 0.4) is 0 Å². The normalized spacial score (nSPS) is 24.7. The largest absolute Gasteiger partial charge is 0.317 e.